The minimum absolute atomic E-state index is 0.0693. The molecule has 16 heteroatoms. The molecule has 0 fully saturated rings. The van der Waals surface area contributed by atoms with E-state index in [1.165, 1.54) is 20.1 Å². The number of carboxylic acids is 2. The second kappa shape index (κ2) is 17.2. The first-order chi connectivity index (χ1) is 21.7. The summed E-state index contributed by atoms with van der Waals surface area (Å²) in [6.45, 7) is 3.28. The summed E-state index contributed by atoms with van der Waals surface area (Å²) in [5.41, 5.74) is -1.82. The minimum Gasteiger partial charge on any atom is -0.478 e. The highest BCUT2D eigenvalue weighted by molar-refractivity contribution is 7.98. The lowest BCUT2D eigenvalue weighted by Crippen LogP contribution is -2.49. The number of hydrogen-bond donors (Lipinski definition) is 4. The molecule has 0 saturated heterocycles. The van der Waals surface area contributed by atoms with Crippen molar-refractivity contribution in [3.63, 3.8) is 0 Å². The fourth-order valence-corrected chi connectivity index (χ4v) is 5.96. The van der Waals surface area contributed by atoms with E-state index in [-0.39, 0.29) is 30.7 Å². The van der Waals surface area contributed by atoms with Crippen LogP contribution in [0.15, 0.2) is 57.3 Å². The van der Waals surface area contributed by atoms with Gasteiger partial charge in [-0.05, 0) is 51.1 Å². The zero-order valence-electron chi connectivity index (χ0n) is 25.7. The predicted molar refractivity (Wildman–Crippen MR) is 160 cm³/mol. The van der Waals surface area contributed by atoms with E-state index in [0.717, 1.165) is 25.3 Å². The number of thioether (sulfide) groups is 1. The Morgan fingerprint density at radius 3 is 2.24 bits per heavy atom. The molecule has 254 valence electrons. The van der Waals surface area contributed by atoms with E-state index in [4.69, 9.17) is 24.7 Å². The van der Waals surface area contributed by atoms with Crippen LogP contribution in [0.2, 0.25) is 0 Å². The zero-order chi connectivity index (χ0) is 34.7. The molecule has 2 rings (SSSR count). The number of carboxylic acid groups (broad SMARTS) is 2. The standard InChI is InChI=1S/C30H37F3N2O10S/c1-5-45-28(41)24-21(16-44-14-8-13-43-12-7-11-34)35-17(2)23(27(40)42-3)29(24,20(26(38)39)15-22(36)37)18-9-6-10-19(25(18)46-4)30(31,32)33/h6,9-10,15,35H,5,7-8,11-14,16,34H2,1-4H3,(H,36,37)(H,38,39)/b20-15+. The molecule has 1 aliphatic rings. The van der Waals surface area contributed by atoms with Gasteiger partial charge in [0.05, 0.1) is 53.7 Å². The highest BCUT2D eigenvalue weighted by Gasteiger charge is 2.58. The highest BCUT2D eigenvalue weighted by Crippen LogP contribution is 2.54. The van der Waals surface area contributed by atoms with Gasteiger partial charge in [-0.25, -0.2) is 19.2 Å². The van der Waals surface area contributed by atoms with Crippen LogP contribution in [-0.4, -0.2) is 87.0 Å². The molecular formula is C30H37F3N2O10S. The van der Waals surface area contributed by atoms with E-state index in [9.17, 15) is 42.6 Å². The summed E-state index contributed by atoms with van der Waals surface area (Å²) in [5, 5.41) is 23.2. The van der Waals surface area contributed by atoms with Gasteiger partial charge in [0, 0.05) is 36.5 Å². The number of rotatable bonds is 17. The number of carbonyl (C=O) groups excluding carboxylic acids is 2. The van der Waals surface area contributed by atoms with Gasteiger partial charge < -0.3 is 40.2 Å². The topological polar surface area (TPSA) is 184 Å². The van der Waals surface area contributed by atoms with Crippen molar-refractivity contribution in [2.24, 2.45) is 5.73 Å². The molecule has 0 aromatic heterocycles. The van der Waals surface area contributed by atoms with E-state index in [0.29, 0.717) is 44.4 Å². The second-order valence-electron chi connectivity index (χ2n) is 9.69. The SMILES string of the molecule is CCOC(=O)C1=C(COCCCOCCCN)NC(C)=C(C(=O)OC)C1(/C(=C/C(=O)O)C(=O)O)c1cccc(C(F)(F)F)c1SC. The molecule has 1 unspecified atom stereocenters. The molecule has 0 amide bonds. The van der Waals surface area contributed by atoms with Crippen LogP contribution in [0.4, 0.5) is 13.2 Å². The molecule has 1 aromatic rings. The van der Waals surface area contributed by atoms with Crippen LogP contribution in [0.1, 0.15) is 37.8 Å². The molecule has 5 N–H and O–H groups in total. The second-order valence-corrected chi connectivity index (χ2v) is 10.5. The Kier molecular flexibility index (Phi) is 14.3. The third kappa shape index (κ3) is 8.48. The molecular weight excluding hydrogens is 637 g/mol. The molecule has 0 radical (unpaired) electrons. The van der Waals surface area contributed by atoms with E-state index < -0.39 is 74.8 Å². The van der Waals surface area contributed by atoms with E-state index >= 15 is 0 Å². The summed E-state index contributed by atoms with van der Waals surface area (Å²) in [7, 11) is 0.943. The Labute approximate surface area is 267 Å². The first kappa shape index (κ1) is 38.3. The van der Waals surface area contributed by atoms with Crippen molar-refractivity contribution >= 4 is 35.6 Å². The van der Waals surface area contributed by atoms with E-state index in [1.807, 2.05) is 0 Å². The molecule has 0 saturated carbocycles. The zero-order valence-corrected chi connectivity index (χ0v) is 26.6. The number of dihydropyridines is 1. The molecule has 0 spiro atoms. The van der Waals surface area contributed by atoms with Crippen molar-refractivity contribution < 1.29 is 61.5 Å². The predicted octanol–water partition coefficient (Wildman–Crippen LogP) is 3.40. The summed E-state index contributed by atoms with van der Waals surface area (Å²) < 4.78 is 64.5. The van der Waals surface area contributed by atoms with Gasteiger partial charge in [0.15, 0.2) is 0 Å². The quantitative estimate of drug-likeness (QED) is 0.0817. The number of aliphatic carboxylic acids is 2. The summed E-state index contributed by atoms with van der Waals surface area (Å²) in [6, 6.07) is 2.81. The molecule has 1 aromatic carbocycles. The van der Waals surface area contributed by atoms with Crippen molar-refractivity contribution in [1.29, 1.82) is 0 Å². The van der Waals surface area contributed by atoms with Crippen molar-refractivity contribution in [3.05, 3.63) is 63.5 Å². The van der Waals surface area contributed by atoms with Crippen LogP contribution in [-0.2, 0) is 49.7 Å². The number of ether oxygens (including phenoxy) is 4. The number of esters is 2. The lowest BCUT2D eigenvalue weighted by atomic mass is 9.61. The summed E-state index contributed by atoms with van der Waals surface area (Å²) in [6.07, 6.45) is -2.42. The van der Waals surface area contributed by atoms with Crippen molar-refractivity contribution in [3.8, 4) is 0 Å². The molecule has 1 atom stereocenters. The smallest absolute Gasteiger partial charge is 0.417 e. The van der Waals surface area contributed by atoms with Crippen LogP contribution in [0, 0.1) is 0 Å². The van der Waals surface area contributed by atoms with Gasteiger partial charge in [0.25, 0.3) is 0 Å². The lowest BCUT2D eigenvalue weighted by molar-refractivity contribution is -0.140. The van der Waals surface area contributed by atoms with Crippen LogP contribution in [0.25, 0.3) is 0 Å². The van der Waals surface area contributed by atoms with Gasteiger partial charge in [-0.3, -0.25) is 0 Å². The maximum atomic E-state index is 14.4. The number of nitrogens with one attached hydrogen (secondary N) is 1. The average Bonchev–Trinajstić information content (AvgIpc) is 2.99. The summed E-state index contributed by atoms with van der Waals surface area (Å²) >= 11 is 0.562. The first-order valence-corrected chi connectivity index (χ1v) is 15.2. The molecule has 0 aliphatic carbocycles. The van der Waals surface area contributed by atoms with Crippen LogP contribution in [0.5, 0.6) is 0 Å². The van der Waals surface area contributed by atoms with Gasteiger partial charge in [-0.15, -0.1) is 11.8 Å². The third-order valence-electron chi connectivity index (χ3n) is 6.78. The maximum Gasteiger partial charge on any atom is 0.417 e. The van der Waals surface area contributed by atoms with Gasteiger partial charge in [0.1, 0.15) is 0 Å². The number of hydrogen-bond acceptors (Lipinski definition) is 11. The fraction of sp³-hybridized carbons (Fsp3) is 0.467. The first-order valence-electron chi connectivity index (χ1n) is 14.0. The lowest BCUT2D eigenvalue weighted by Gasteiger charge is -2.43. The van der Waals surface area contributed by atoms with Crippen LogP contribution in [0.3, 0.4) is 0 Å². The number of halogens is 3. The van der Waals surface area contributed by atoms with Crippen molar-refractivity contribution in [2.45, 2.75) is 43.2 Å². The monoisotopic (exact) mass is 674 g/mol. The van der Waals surface area contributed by atoms with E-state index in [1.54, 1.807) is 0 Å². The maximum absolute atomic E-state index is 14.4. The average molecular weight is 675 g/mol. The van der Waals surface area contributed by atoms with Gasteiger partial charge in [-0.2, -0.15) is 13.2 Å². The minimum atomic E-state index is -4.97. The Bertz CT molecular complexity index is 1410. The Morgan fingerprint density at radius 2 is 1.70 bits per heavy atom. The van der Waals surface area contributed by atoms with Gasteiger partial charge in [-0.1, -0.05) is 12.1 Å². The Balaban J connectivity index is 3.12. The molecule has 12 nitrogen and oxygen atoms in total. The Hall–Kier alpha value is -3.86. The number of benzene rings is 1. The number of methoxy groups -OCH3 is 1. The summed E-state index contributed by atoms with van der Waals surface area (Å²) in [5.74, 6) is -6.25. The van der Waals surface area contributed by atoms with E-state index in [2.05, 4.69) is 5.32 Å². The molecule has 1 heterocycles. The number of nitrogens with two attached hydrogens (primary N) is 1. The third-order valence-corrected chi connectivity index (χ3v) is 7.63. The molecule has 1 aliphatic heterocycles. The Morgan fingerprint density at radius 1 is 1.04 bits per heavy atom. The largest absolute Gasteiger partial charge is 0.478 e. The molecule has 46 heavy (non-hydrogen) atoms. The van der Waals surface area contributed by atoms with Crippen LogP contribution < -0.4 is 11.1 Å². The van der Waals surface area contributed by atoms with Gasteiger partial charge >= 0.3 is 30.1 Å². The van der Waals surface area contributed by atoms with Gasteiger partial charge in [0.2, 0.25) is 0 Å². The summed E-state index contributed by atoms with van der Waals surface area (Å²) in [4.78, 5) is 52.0. The van der Waals surface area contributed by atoms with Crippen LogP contribution >= 0.6 is 11.8 Å². The van der Waals surface area contributed by atoms with Crippen molar-refractivity contribution in [1.82, 2.24) is 5.32 Å². The van der Waals surface area contributed by atoms with Crippen molar-refractivity contribution in [2.75, 3.05) is 52.9 Å². The highest BCUT2D eigenvalue weighted by atomic mass is 32.2. The number of carbonyl (C=O) groups is 4. The number of allylic oxidation sites excluding steroid dienone is 1. The normalized spacial score (nSPS) is 17.1. The fourth-order valence-electron chi connectivity index (χ4n) is 5.12. The number of alkyl halides is 3. The molecule has 0 bridgehead atoms.